The zero-order chi connectivity index (χ0) is 17.2. The van der Waals surface area contributed by atoms with E-state index >= 15 is 0 Å². The molecule has 0 aliphatic heterocycles. The topological polar surface area (TPSA) is 45.7 Å². The first kappa shape index (κ1) is 17.8. The molecule has 24 heavy (non-hydrogen) atoms. The molecule has 0 bridgehead atoms. The van der Waals surface area contributed by atoms with Crippen molar-refractivity contribution < 1.29 is 9.13 Å². The monoisotopic (exact) mass is 329 g/mol. The van der Waals surface area contributed by atoms with Crippen LogP contribution in [-0.2, 0) is 6.42 Å². The zero-order valence-corrected chi connectivity index (χ0v) is 14.1. The first-order valence-corrected chi connectivity index (χ1v) is 8.08. The molecule has 4 nitrogen and oxygen atoms in total. The molecule has 1 unspecified atom stereocenters. The van der Waals surface area contributed by atoms with Crippen LogP contribution in [0.5, 0.6) is 5.75 Å². The summed E-state index contributed by atoms with van der Waals surface area (Å²) in [5.41, 5.74) is 0.957. The molecular formula is C19H24FN3O. The Morgan fingerprint density at radius 1 is 1.12 bits per heavy atom. The van der Waals surface area contributed by atoms with Crippen molar-refractivity contribution in [3.05, 3.63) is 66.0 Å². The van der Waals surface area contributed by atoms with Gasteiger partial charge in [0.1, 0.15) is 17.7 Å². The van der Waals surface area contributed by atoms with Crippen LogP contribution in [0.25, 0.3) is 0 Å². The van der Waals surface area contributed by atoms with Crippen molar-refractivity contribution in [3.63, 3.8) is 0 Å². The van der Waals surface area contributed by atoms with Crippen LogP contribution in [-0.4, -0.2) is 32.2 Å². The van der Waals surface area contributed by atoms with Gasteiger partial charge in [0.2, 0.25) is 0 Å². The number of benzene rings is 2. The average Bonchev–Trinajstić information content (AvgIpc) is 2.59. The highest BCUT2D eigenvalue weighted by molar-refractivity contribution is 5.79. The molecule has 0 aliphatic carbocycles. The number of para-hydroxylation sites is 1. The second-order valence-electron chi connectivity index (χ2n) is 5.50. The first-order valence-electron chi connectivity index (χ1n) is 8.08. The Bertz CT molecular complexity index is 646. The average molecular weight is 329 g/mol. The third-order valence-electron chi connectivity index (χ3n) is 3.46. The largest absolute Gasteiger partial charge is 0.489 e. The molecule has 0 spiro atoms. The van der Waals surface area contributed by atoms with Crippen molar-refractivity contribution in [2.75, 3.05) is 20.1 Å². The van der Waals surface area contributed by atoms with Crippen LogP contribution in [0.2, 0.25) is 0 Å². The molecule has 5 heteroatoms. The highest BCUT2D eigenvalue weighted by Crippen LogP contribution is 2.10. The summed E-state index contributed by atoms with van der Waals surface area (Å²) < 4.78 is 18.9. The van der Waals surface area contributed by atoms with E-state index in [0.29, 0.717) is 19.0 Å². The molecule has 0 saturated heterocycles. The van der Waals surface area contributed by atoms with E-state index in [1.54, 1.807) is 19.2 Å². The fourth-order valence-corrected chi connectivity index (χ4v) is 2.25. The van der Waals surface area contributed by atoms with Crippen LogP contribution in [0.1, 0.15) is 12.5 Å². The Labute approximate surface area is 142 Å². The SMILES string of the molecule is CN=C(NCCc1cccc(F)c1)NCC(C)Oc1ccccc1. The minimum Gasteiger partial charge on any atom is -0.489 e. The number of aliphatic imine (C=N–C) groups is 1. The van der Waals surface area contributed by atoms with Crippen LogP contribution in [0, 0.1) is 5.82 Å². The van der Waals surface area contributed by atoms with E-state index in [1.165, 1.54) is 6.07 Å². The third kappa shape index (κ3) is 6.28. The number of guanidine groups is 1. The Balaban J connectivity index is 1.70. The highest BCUT2D eigenvalue weighted by Gasteiger charge is 2.05. The summed E-state index contributed by atoms with van der Waals surface area (Å²) in [7, 11) is 1.72. The summed E-state index contributed by atoms with van der Waals surface area (Å²) in [6.07, 6.45) is 0.739. The second kappa shape index (κ2) is 9.55. The number of nitrogens with zero attached hydrogens (tertiary/aromatic N) is 1. The molecule has 0 radical (unpaired) electrons. The predicted molar refractivity (Wildman–Crippen MR) is 96.0 cm³/mol. The van der Waals surface area contributed by atoms with Crippen LogP contribution in [0.4, 0.5) is 4.39 Å². The minimum absolute atomic E-state index is 0.00849. The molecule has 128 valence electrons. The molecular weight excluding hydrogens is 305 g/mol. The number of rotatable bonds is 7. The quantitative estimate of drug-likeness (QED) is 0.606. The normalized spacial score (nSPS) is 12.5. The van der Waals surface area contributed by atoms with E-state index in [1.807, 2.05) is 43.3 Å². The van der Waals surface area contributed by atoms with E-state index in [9.17, 15) is 4.39 Å². The standard InChI is InChI=1S/C19H24FN3O/c1-15(24-18-9-4-3-5-10-18)14-23-19(21-2)22-12-11-16-7-6-8-17(20)13-16/h3-10,13,15H,11-12,14H2,1-2H3,(H2,21,22,23). The molecule has 2 rings (SSSR count). The molecule has 0 aromatic heterocycles. The van der Waals surface area contributed by atoms with Gasteiger partial charge in [-0.25, -0.2) is 4.39 Å². The fraction of sp³-hybridized carbons (Fsp3) is 0.316. The molecule has 1 atom stereocenters. The van der Waals surface area contributed by atoms with Crippen LogP contribution in [0.15, 0.2) is 59.6 Å². The van der Waals surface area contributed by atoms with Gasteiger partial charge in [-0.05, 0) is 43.2 Å². The lowest BCUT2D eigenvalue weighted by Gasteiger charge is -2.17. The molecule has 0 amide bonds. The van der Waals surface area contributed by atoms with Gasteiger partial charge in [0.05, 0.1) is 6.54 Å². The van der Waals surface area contributed by atoms with Gasteiger partial charge >= 0.3 is 0 Å². The van der Waals surface area contributed by atoms with E-state index in [0.717, 1.165) is 17.7 Å². The molecule has 0 heterocycles. The van der Waals surface area contributed by atoms with Gasteiger partial charge < -0.3 is 15.4 Å². The smallest absolute Gasteiger partial charge is 0.191 e. The molecule has 0 fully saturated rings. The van der Waals surface area contributed by atoms with Gasteiger partial charge in [0.15, 0.2) is 5.96 Å². The number of halogens is 1. The highest BCUT2D eigenvalue weighted by atomic mass is 19.1. The minimum atomic E-state index is -0.207. The van der Waals surface area contributed by atoms with Crippen molar-refractivity contribution >= 4 is 5.96 Å². The number of hydrogen-bond acceptors (Lipinski definition) is 2. The lowest BCUT2D eigenvalue weighted by Crippen LogP contribution is -2.42. The van der Waals surface area contributed by atoms with Crippen molar-refractivity contribution in [1.82, 2.24) is 10.6 Å². The van der Waals surface area contributed by atoms with Gasteiger partial charge in [0.25, 0.3) is 0 Å². The molecule has 2 aromatic carbocycles. The lowest BCUT2D eigenvalue weighted by atomic mass is 10.1. The maximum Gasteiger partial charge on any atom is 0.191 e. The van der Waals surface area contributed by atoms with Crippen molar-refractivity contribution in [2.24, 2.45) is 4.99 Å². The van der Waals surface area contributed by atoms with Gasteiger partial charge in [0, 0.05) is 13.6 Å². The van der Waals surface area contributed by atoms with E-state index in [-0.39, 0.29) is 11.9 Å². The first-order chi connectivity index (χ1) is 11.7. The maximum atomic E-state index is 13.1. The Morgan fingerprint density at radius 3 is 2.62 bits per heavy atom. The second-order valence-corrected chi connectivity index (χ2v) is 5.50. The summed E-state index contributed by atoms with van der Waals surface area (Å²) >= 11 is 0. The van der Waals surface area contributed by atoms with E-state index in [2.05, 4.69) is 15.6 Å². The van der Waals surface area contributed by atoms with Crippen LogP contribution in [0.3, 0.4) is 0 Å². The van der Waals surface area contributed by atoms with Crippen molar-refractivity contribution in [1.29, 1.82) is 0 Å². The van der Waals surface area contributed by atoms with Crippen molar-refractivity contribution in [3.8, 4) is 5.75 Å². The summed E-state index contributed by atoms with van der Waals surface area (Å²) in [4.78, 5) is 4.18. The Morgan fingerprint density at radius 2 is 1.92 bits per heavy atom. The number of hydrogen-bond donors (Lipinski definition) is 2. The van der Waals surface area contributed by atoms with Crippen LogP contribution >= 0.6 is 0 Å². The van der Waals surface area contributed by atoms with Crippen molar-refractivity contribution in [2.45, 2.75) is 19.4 Å². The molecule has 0 saturated carbocycles. The molecule has 2 aromatic rings. The fourth-order valence-electron chi connectivity index (χ4n) is 2.25. The molecule has 0 aliphatic rings. The maximum absolute atomic E-state index is 13.1. The van der Waals surface area contributed by atoms with Crippen LogP contribution < -0.4 is 15.4 Å². The van der Waals surface area contributed by atoms with Gasteiger partial charge in [-0.1, -0.05) is 30.3 Å². The lowest BCUT2D eigenvalue weighted by molar-refractivity contribution is 0.224. The number of nitrogens with one attached hydrogen (secondary N) is 2. The van der Waals surface area contributed by atoms with Gasteiger partial charge in [-0.3, -0.25) is 4.99 Å². The summed E-state index contributed by atoms with van der Waals surface area (Å²) in [5, 5.41) is 6.44. The summed E-state index contributed by atoms with van der Waals surface area (Å²) in [5.74, 6) is 1.35. The predicted octanol–water partition coefficient (Wildman–Crippen LogP) is 3.00. The van der Waals surface area contributed by atoms with E-state index in [4.69, 9.17) is 4.74 Å². The number of ether oxygens (including phenoxy) is 1. The Kier molecular flexibility index (Phi) is 7.08. The summed E-state index contributed by atoms with van der Waals surface area (Å²) in [6.45, 7) is 3.31. The molecule has 2 N–H and O–H groups in total. The Hall–Kier alpha value is -2.56. The van der Waals surface area contributed by atoms with E-state index < -0.39 is 0 Å². The van der Waals surface area contributed by atoms with Gasteiger partial charge in [-0.2, -0.15) is 0 Å². The third-order valence-corrected chi connectivity index (χ3v) is 3.46. The summed E-state index contributed by atoms with van der Waals surface area (Å²) in [6, 6.07) is 16.4. The zero-order valence-electron chi connectivity index (χ0n) is 14.1. The van der Waals surface area contributed by atoms with Gasteiger partial charge in [-0.15, -0.1) is 0 Å².